The van der Waals surface area contributed by atoms with E-state index < -0.39 is 21.0 Å². The number of hydrogen-bond donors (Lipinski definition) is 2. The second-order valence-electron chi connectivity index (χ2n) is 4.22. The molecule has 0 atom stereocenters. The Hall–Kier alpha value is -2.20. The summed E-state index contributed by atoms with van der Waals surface area (Å²) in [6, 6.07) is 4.17. The van der Waals surface area contributed by atoms with Gasteiger partial charge in [0.15, 0.2) is 0 Å². The Kier molecular flexibility index (Phi) is 3.59. The maximum absolute atomic E-state index is 11.6. The van der Waals surface area contributed by atoms with Crippen molar-refractivity contribution >= 4 is 27.5 Å². The molecule has 2 rings (SSSR count). The lowest BCUT2D eigenvalue weighted by Gasteiger charge is -2.19. The van der Waals surface area contributed by atoms with Crippen molar-refractivity contribution in [2.24, 2.45) is 0 Å². The molecule has 108 valence electrons. The third-order valence-corrected chi connectivity index (χ3v) is 3.69. The van der Waals surface area contributed by atoms with Gasteiger partial charge >= 0.3 is 10.2 Å². The molecule has 0 unspecified atom stereocenters. The first-order valence-electron chi connectivity index (χ1n) is 5.64. The summed E-state index contributed by atoms with van der Waals surface area (Å²) in [4.78, 5) is 23.1. The molecule has 0 bridgehead atoms. The Morgan fingerprint density at radius 3 is 2.75 bits per heavy atom. The van der Waals surface area contributed by atoms with Gasteiger partial charge in [0, 0.05) is 25.6 Å². The van der Waals surface area contributed by atoms with E-state index in [-0.39, 0.29) is 5.69 Å². The Morgan fingerprint density at radius 1 is 1.45 bits per heavy atom. The van der Waals surface area contributed by atoms with Crippen LogP contribution in [-0.2, 0) is 21.4 Å². The van der Waals surface area contributed by atoms with Crippen LogP contribution in [0.15, 0.2) is 18.2 Å². The summed E-state index contributed by atoms with van der Waals surface area (Å²) in [5, 5.41) is 12.0. The molecule has 0 saturated carbocycles. The number of hydrogen-bond acceptors (Lipinski definition) is 6. The summed E-state index contributed by atoms with van der Waals surface area (Å²) in [6.45, 7) is 1.41. The normalized spacial score (nSPS) is 13.9. The highest BCUT2D eigenvalue weighted by Gasteiger charge is 2.25. The standard InChI is InChI=1S/C10H12N4O5S/c1-7(15)11-20(18,19)12-13-5-4-8-6-9(14(16)17)2-3-10(8)13/h2-3,6,12H,4-5H2,1H3,(H,11,15). The van der Waals surface area contributed by atoms with Gasteiger partial charge in [-0.3, -0.25) is 19.9 Å². The second-order valence-corrected chi connectivity index (χ2v) is 5.62. The number of anilines is 1. The molecule has 1 aliphatic rings. The van der Waals surface area contributed by atoms with Crippen molar-refractivity contribution in [1.29, 1.82) is 0 Å². The van der Waals surface area contributed by atoms with Gasteiger partial charge < -0.3 is 0 Å². The van der Waals surface area contributed by atoms with Crippen LogP contribution in [0.5, 0.6) is 0 Å². The number of carbonyl (C=O) groups excluding carboxylic acids is 1. The summed E-state index contributed by atoms with van der Waals surface area (Å²) >= 11 is 0. The van der Waals surface area contributed by atoms with Gasteiger partial charge in [-0.05, 0) is 18.1 Å². The first kappa shape index (κ1) is 14.2. The van der Waals surface area contributed by atoms with Gasteiger partial charge in [-0.1, -0.05) is 0 Å². The SMILES string of the molecule is CC(=O)NS(=O)(=O)NN1CCc2cc([N+](=O)[O-])ccc21. The average Bonchev–Trinajstić information content (AvgIpc) is 2.69. The molecule has 0 aromatic heterocycles. The molecule has 0 radical (unpaired) electrons. The molecular formula is C10H12N4O5S. The van der Waals surface area contributed by atoms with E-state index in [4.69, 9.17) is 0 Å². The van der Waals surface area contributed by atoms with Gasteiger partial charge in [-0.15, -0.1) is 4.83 Å². The van der Waals surface area contributed by atoms with Crippen molar-refractivity contribution in [3.63, 3.8) is 0 Å². The van der Waals surface area contributed by atoms with Crippen LogP contribution in [0, 0.1) is 10.1 Å². The fourth-order valence-electron chi connectivity index (χ4n) is 1.95. The Morgan fingerprint density at radius 2 is 2.15 bits per heavy atom. The largest absolute Gasteiger partial charge is 0.318 e. The van der Waals surface area contributed by atoms with Crippen molar-refractivity contribution in [1.82, 2.24) is 9.55 Å². The van der Waals surface area contributed by atoms with Crippen LogP contribution < -0.4 is 14.6 Å². The lowest BCUT2D eigenvalue weighted by molar-refractivity contribution is -0.384. The number of amides is 1. The van der Waals surface area contributed by atoms with Crippen molar-refractivity contribution in [2.75, 3.05) is 11.6 Å². The van der Waals surface area contributed by atoms with Gasteiger partial charge in [0.1, 0.15) is 0 Å². The molecule has 1 heterocycles. The van der Waals surface area contributed by atoms with E-state index >= 15 is 0 Å². The molecule has 1 aromatic carbocycles. The Bertz CT molecular complexity index is 672. The summed E-state index contributed by atoms with van der Waals surface area (Å²) in [6.07, 6.45) is 0.472. The number of benzene rings is 1. The van der Waals surface area contributed by atoms with E-state index in [9.17, 15) is 23.3 Å². The zero-order chi connectivity index (χ0) is 14.9. The number of rotatable bonds is 4. The summed E-state index contributed by atoms with van der Waals surface area (Å²) in [5.74, 6) is -0.708. The molecule has 2 N–H and O–H groups in total. The highest BCUT2D eigenvalue weighted by atomic mass is 32.2. The van der Waals surface area contributed by atoms with Crippen molar-refractivity contribution < 1.29 is 18.1 Å². The molecule has 1 aromatic rings. The topological polar surface area (TPSA) is 122 Å². The van der Waals surface area contributed by atoms with Crippen LogP contribution in [-0.4, -0.2) is 25.8 Å². The molecule has 0 aliphatic carbocycles. The summed E-state index contributed by atoms with van der Waals surface area (Å²) < 4.78 is 25.0. The van der Waals surface area contributed by atoms with Gasteiger partial charge in [0.25, 0.3) is 5.69 Å². The van der Waals surface area contributed by atoms with Gasteiger partial charge in [-0.2, -0.15) is 8.42 Å². The molecule has 10 heteroatoms. The number of nitro benzene ring substituents is 1. The monoisotopic (exact) mass is 300 g/mol. The van der Waals surface area contributed by atoms with E-state index in [1.807, 2.05) is 0 Å². The van der Waals surface area contributed by atoms with Gasteiger partial charge in [0.05, 0.1) is 10.6 Å². The van der Waals surface area contributed by atoms with Crippen molar-refractivity contribution in [3.05, 3.63) is 33.9 Å². The highest BCUT2D eigenvalue weighted by molar-refractivity contribution is 7.88. The quantitative estimate of drug-likeness (QED) is 0.588. The summed E-state index contributed by atoms with van der Waals surface area (Å²) in [7, 11) is -3.99. The fraction of sp³-hybridized carbons (Fsp3) is 0.300. The predicted octanol–water partition coefficient (Wildman–Crippen LogP) is -0.157. The molecule has 0 fully saturated rings. The molecule has 1 amide bonds. The highest BCUT2D eigenvalue weighted by Crippen LogP contribution is 2.29. The number of non-ortho nitro benzene ring substituents is 1. The van der Waals surface area contributed by atoms with Crippen LogP contribution in [0.3, 0.4) is 0 Å². The zero-order valence-electron chi connectivity index (χ0n) is 10.5. The lowest BCUT2D eigenvalue weighted by Crippen LogP contribution is -2.48. The molecule has 20 heavy (non-hydrogen) atoms. The maximum atomic E-state index is 11.6. The number of carbonyl (C=O) groups is 1. The Balaban J connectivity index is 2.21. The first-order chi connectivity index (χ1) is 9.28. The maximum Gasteiger partial charge on any atom is 0.318 e. The van der Waals surface area contributed by atoms with E-state index in [1.54, 1.807) is 4.72 Å². The van der Waals surface area contributed by atoms with Crippen LogP contribution >= 0.6 is 0 Å². The van der Waals surface area contributed by atoms with E-state index in [0.29, 0.717) is 24.2 Å². The lowest BCUT2D eigenvalue weighted by atomic mass is 10.1. The third-order valence-electron chi connectivity index (χ3n) is 2.68. The van der Waals surface area contributed by atoms with Crippen LogP contribution in [0.25, 0.3) is 0 Å². The van der Waals surface area contributed by atoms with Crippen LogP contribution in [0.4, 0.5) is 11.4 Å². The first-order valence-corrected chi connectivity index (χ1v) is 7.12. The predicted molar refractivity (Wildman–Crippen MR) is 70.0 cm³/mol. The molecule has 0 spiro atoms. The number of nitrogens with zero attached hydrogens (tertiary/aromatic N) is 2. The van der Waals surface area contributed by atoms with Crippen molar-refractivity contribution in [2.45, 2.75) is 13.3 Å². The minimum absolute atomic E-state index is 0.0460. The van der Waals surface area contributed by atoms with E-state index in [2.05, 4.69) is 4.83 Å². The van der Waals surface area contributed by atoms with E-state index in [0.717, 1.165) is 6.92 Å². The molecular weight excluding hydrogens is 288 g/mol. The Labute approximate surface area is 114 Å². The third kappa shape index (κ3) is 3.03. The number of nitrogens with one attached hydrogen (secondary N) is 2. The average molecular weight is 300 g/mol. The smallest absolute Gasteiger partial charge is 0.293 e. The molecule has 1 aliphatic heterocycles. The number of hydrazine groups is 1. The van der Waals surface area contributed by atoms with Crippen LogP contribution in [0.2, 0.25) is 0 Å². The van der Waals surface area contributed by atoms with Gasteiger partial charge in [0.2, 0.25) is 5.91 Å². The minimum Gasteiger partial charge on any atom is -0.293 e. The van der Waals surface area contributed by atoms with Gasteiger partial charge in [-0.25, -0.2) is 4.72 Å². The van der Waals surface area contributed by atoms with E-state index in [1.165, 1.54) is 23.2 Å². The number of nitro groups is 1. The molecule has 9 nitrogen and oxygen atoms in total. The fourth-order valence-corrected chi connectivity index (χ4v) is 2.86. The molecule has 0 saturated heterocycles. The zero-order valence-corrected chi connectivity index (χ0v) is 11.3. The summed E-state index contributed by atoms with van der Waals surface area (Å²) in [5.41, 5.74) is 1.16. The number of fused-ring (bicyclic) bond motifs is 1. The minimum atomic E-state index is -3.99. The van der Waals surface area contributed by atoms with Crippen molar-refractivity contribution in [3.8, 4) is 0 Å². The second kappa shape index (κ2) is 5.06. The van der Waals surface area contributed by atoms with Crippen LogP contribution in [0.1, 0.15) is 12.5 Å².